The van der Waals surface area contributed by atoms with Crippen molar-refractivity contribution < 1.29 is 27.2 Å². The van der Waals surface area contributed by atoms with Crippen molar-refractivity contribution in [2.45, 2.75) is 42.3 Å². The Morgan fingerprint density at radius 1 is 1.36 bits per heavy atom. The molecule has 3 aliphatic heterocycles. The summed E-state index contributed by atoms with van der Waals surface area (Å²) in [6, 6.07) is 4.71. The molecule has 28 heavy (non-hydrogen) atoms. The van der Waals surface area contributed by atoms with Gasteiger partial charge >= 0.3 is 0 Å². The molecule has 0 radical (unpaired) electrons. The minimum atomic E-state index is -3.76. The van der Waals surface area contributed by atoms with Gasteiger partial charge in [-0.15, -0.1) is 0 Å². The Hall–Kier alpha value is -2.04. The zero-order valence-electron chi connectivity index (χ0n) is 15.3. The van der Waals surface area contributed by atoms with Crippen molar-refractivity contribution in [2.24, 2.45) is 5.16 Å². The maximum absolute atomic E-state index is 13.1. The SMILES string of the molecule is O=C(NC[C@H]1CCCO1)C1=NO[C@]2(CCN(S(=O)(=O)c3ccc(F)cc3)C2)C1. The summed E-state index contributed by atoms with van der Waals surface area (Å²) in [5, 5.41) is 6.71. The van der Waals surface area contributed by atoms with Crippen molar-refractivity contribution in [2.75, 3.05) is 26.2 Å². The van der Waals surface area contributed by atoms with Gasteiger partial charge in [0.05, 0.1) is 17.5 Å². The van der Waals surface area contributed by atoms with Crippen molar-refractivity contribution >= 4 is 21.6 Å². The van der Waals surface area contributed by atoms with Crippen LogP contribution >= 0.6 is 0 Å². The number of nitrogens with one attached hydrogen (secondary N) is 1. The largest absolute Gasteiger partial charge is 0.387 e. The smallest absolute Gasteiger partial charge is 0.269 e. The fourth-order valence-corrected chi connectivity index (χ4v) is 5.26. The third kappa shape index (κ3) is 3.76. The number of nitrogens with zero attached hydrogens (tertiary/aromatic N) is 2. The van der Waals surface area contributed by atoms with Crippen LogP contribution in [0.2, 0.25) is 0 Å². The van der Waals surface area contributed by atoms with Crippen LogP contribution in [0.5, 0.6) is 0 Å². The molecule has 0 aliphatic carbocycles. The molecule has 0 saturated carbocycles. The molecule has 1 aromatic carbocycles. The maximum atomic E-state index is 13.1. The monoisotopic (exact) mass is 411 g/mol. The normalized spacial score (nSPS) is 27.8. The highest BCUT2D eigenvalue weighted by Crippen LogP contribution is 2.36. The molecule has 10 heteroatoms. The van der Waals surface area contributed by atoms with Gasteiger partial charge in [0.25, 0.3) is 5.91 Å². The van der Waals surface area contributed by atoms with E-state index in [0.29, 0.717) is 19.6 Å². The second-order valence-electron chi connectivity index (χ2n) is 7.38. The molecule has 152 valence electrons. The van der Waals surface area contributed by atoms with E-state index in [1.807, 2.05) is 0 Å². The molecule has 0 bridgehead atoms. The number of rotatable bonds is 5. The van der Waals surface area contributed by atoms with E-state index in [1.165, 1.54) is 16.4 Å². The number of hydrogen-bond acceptors (Lipinski definition) is 6. The Bertz CT molecular complexity index is 883. The van der Waals surface area contributed by atoms with Crippen LogP contribution in [0.4, 0.5) is 4.39 Å². The second-order valence-corrected chi connectivity index (χ2v) is 9.31. The lowest BCUT2D eigenvalue weighted by atomic mass is 9.96. The summed E-state index contributed by atoms with van der Waals surface area (Å²) in [6.07, 6.45) is 2.62. The number of carbonyl (C=O) groups excluding carboxylic acids is 1. The van der Waals surface area contributed by atoms with Gasteiger partial charge < -0.3 is 14.9 Å². The number of amides is 1. The van der Waals surface area contributed by atoms with Crippen LogP contribution < -0.4 is 5.32 Å². The standard InChI is InChI=1S/C18H22FN3O5S/c19-13-3-5-15(6-4-13)28(24,25)22-8-7-18(12-22)10-16(21-27-18)17(23)20-11-14-2-1-9-26-14/h3-6,14H,1-2,7-12H2,(H,20,23)/t14-,18-/m1/s1. The van der Waals surface area contributed by atoms with Crippen LogP contribution in [-0.4, -0.2) is 62.3 Å². The molecule has 8 nitrogen and oxygen atoms in total. The highest BCUT2D eigenvalue weighted by atomic mass is 32.2. The Morgan fingerprint density at radius 3 is 2.86 bits per heavy atom. The van der Waals surface area contributed by atoms with Crippen LogP contribution in [0.15, 0.2) is 34.3 Å². The van der Waals surface area contributed by atoms with E-state index in [1.54, 1.807) is 0 Å². The van der Waals surface area contributed by atoms with E-state index in [2.05, 4.69) is 10.5 Å². The molecule has 3 heterocycles. The lowest BCUT2D eigenvalue weighted by Crippen LogP contribution is -2.40. The molecule has 0 unspecified atom stereocenters. The van der Waals surface area contributed by atoms with Gasteiger partial charge in [-0.3, -0.25) is 4.79 Å². The third-order valence-corrected chi connectivity index (χ3v) is 7.21. The fourth-order valence-electron chi connectivity index (χ4n) is 3.74. The average Bonchev–Trinajstić information content (AvgIpc) is 3.42. The quantitative estimate of drug-likeness (QED) is 0.781. The number of carbonyl (C=O) groups is 1. The number of sulfonamides is 1. The fraction of sp³-hybridized carbons (Fsp3) is 0.556. The highest BCUT2D eigenvalue weighted by molar-refractivity contribution is 7.89. The molecule has 2 saturated heterocycles. The van der Waals surface area contributed by atoms with E-state index < -0.39 is 21.4 Å². The summed E-state index contributed by atoms with van der Waals surface area (Å²) in [6.45, 7) is 1.49. The van der Waals surface area contributed by atoms with Crippen molar-refractivity contribution in [1.82, 2.24) is 9.62 Å². The van der Waals surface area contributed by atoms with E-state index in [0.717, 1.165) is 25.0 Å². The maximum Gasteiger partial charge on any atom is 0.269 e. The topological polar surface area (TPSA) is 97.3 Å². The Morgan fingerprint density at radius 2 is 2.14 bits per heavy atom. The van der Waals surface area contributed by atoms with Crippen LogP contribution in [-0.2, 0) is 24.4 Å². The van der Waals surface area contributed by atoms with E-state index in [9.17, 15) is 17.6 Å². The molecule has 2 fully saturated rings. The molecule has 4 rings (SSSR count). The van der Waals surface area contributed by atoms with Crippen molar-refractivity contribution in [1.29, 1.82) is 0 Å². The van der Waals surface area contributed by atoms with Crippen LogP contribution in [0.3, 0.4) is 0 Å². The van der Waals surface area contributed by atoms with Gasteiger partial charge in [0.2, 0.25) is 10.0 Å². The highest BCUT2D eigenvalue weighted by Gasteiger charge is 2.49. The predicted octanol–water partition coefficient (Wildman–Crippen LogP) is 1.03. The molecular weight excluding hydrogens is 389 g/mol. The molecule has 0 aromatic heterocycles. The molecule has 3 aliphatic rings. The van der Waals surface area contributed by atoms with Crippen LogP contribution in [0, 0.1) is 5.82 Å². The first kappa shape index (κ1) is 19.3. The van der Waals surface area contributed by atoms with Crippen molar-refractivity contribution in [3.63, 3.8) is 0 Å². The number of benzene rings is 1. The Labute approximate surface area is 162 Å². The van der Waals surface area contributed by atoms with Gasteiger partial charge in [0, 0.05) is 32.5 Å². The van der Waals surface area contributed by atoms with Gasteiger partial charge in [-0.1, -0.05) is 5.16 Å². The molecule has 1 aromatic rings. The molecule has 1 amide bonds. The Balaban J connectivity index is 1.36. The van der Waals surface area contributed by atoms with Gasteiger partial charge in [-0.05, 0) is 37.1 Å². The molecular formula is C18H22FN3O5S. The minimum absolute atomic E-state index is 0.0272. The summed E-state index contributed by atoms with van der Waals surface area (Å²) in [4.78, 5) is 17.9. The molecule has 2 atom stereocenters. The lowest BCUT2D eigenvalue weighted by molar-refractivity contribution is -0.115. The first-order valence-corrected chi connectivity index (χ1v) is 10.7. The predicted molar refractivity (Wildman–Crippen MR) is 97.6 cm³/mol. The van der Waals surface area contributed by atoms with Crippen molar-refractivity contribution in [3.05, 3.63) is 30.1 Å². The van der Waals surface area contributed by atoms with E-state index in [-0.39, 0.29) is 42.1 Å². The zero-order chi connectivity index (χ0) is 19.8. The summed E-state index contributed by atoms with van der Waals surface area (Å²) in [5.41, 5.74) is -0.567. The van der Waals surface area contributed by atoms with Crippen LogP contribution in [0.1, 0.15) is 25.7 Å². The van der Waals surface area contributed by atoms with E-state index >= 15 is 0 Å². The number of hydrogen-bond donors (Lipinski definition) is 1. The van der Waals surface area contributed by atoms with Gasteiger partial charge in [0.15, 0.2) is 5.60 Å². The van der Waals surface area contributed by atoms with Gasteiger partial charge in [-0.25, -0.2) is 12.8 Å². The summed E-state index contributed by atoms with van der Waals surface area (Å²) >= 11 is 0. The number of ether oxygens (including phenoxy) is 1. The number of oxime groups is 1. The van der Waals surface area contributed by atoms with Gasteiger partial charge in [-0.2, -0.15) is 4.31 Å². The van der Waals surface area contributed by atoms with Crippen LogP contribution in [0.25, 0.3) is 0 Å². The van der Waals surface area contributed by atoms with E-state index in [4.69, 9.17) is 9.57 Å². The lowest BCUT2D eigenvalue weighted by Gasteiger charge is -2.21. The third-order valence-electron chi connectivity index (χ3n) is 5.35. The summed E-state index contributed by atoms with van der Waals surface area (Å²) in [5.74, 6) is -0.810. The number of halogens is 1. The van der Waals surface area contributed by atoms with Crippen molar-refractivity contribution in [3.8, 4) is 0 Å². The first-order valence-electron chi connectivity index (χ1n) is 9.29. The summed E-state index contributed by atoms with van der Waals surface area (Å²) in [7, 11) is -3.76. The van der Waals surface area contributed by atoms with Gasteiger partial charge in [0.1, 0.15) is 11.5 Å². The molecule has 1 spiro atoms. The molecule has 1 N–H and O–H groups in total. The Kier molecular flexibility index (Phi) is 5.11. The minimum Gasteiger partial charge on any atom is -0.387 e. The first-order chi connectivity index (χ1) is 13.4. The second kappa shape index (κ2) is 7.41. The summed E-state index contributed by atoms with van der Waals surface area (Å²) < 4.78 is 45.4. The average molecular weight is 411 g/mol. The zero-order valence-corrected chi connectivity index (χ0v) is 16.1.